The summed E-state index contributed by atoms with van der Waals surface area (Å²) in [6.07, 6.45) is 1.90. The standard InChI is InChI=1S/C37H32ClN3O4/c1-44-28-20-18-27(19-21-28)41-32(30(35(41)42)23-9-4-2-5-10-23)33-37(36(43)45-34(39-37)25-11-6-3-7-12-25)31(29-13-8-22-40(29)33)24-14-16-26(38)17-15-24/h2-7,9-12,14-21,29-33H,8,13,22H2,1H3/t29-,30-,31-,32-,33?,37-/m0/s1. The van der Waals surface area contributed by atoms with Crippen LogP contribution in [0.1, 0.15) is 41.4 Å². The van der Waals surface area contributed by atoms with Gasteiger partial charge in [0, 0.05) is 28.2 Å². The summed E-state index contributed by atoms with van der Waals surface area (Å²) in [6, 6.07) is 34.0. The number of β-lactam (4-membered cyclic amide) rings is 1. The Bertz CT molecular complexity index is 1780. The Morgan fingerprint density at radius 1 is 0.867 bits per heavy atom. The number of rotatable bonds is 6. The van der Waals surface area contributed by atoms with Crippen molar-refractivity contribution in [3.63, 3.8) is 0 Å². The second-order valence-corrected chi connectivity index (χ2v) is 12.6. The number of carbonyl (C=O) groups is 2. The molecular formula is C37H32ClN3O4. The SMILES string of the molecule is COc1ccc(N2C(=O)[C@@H](c3ccccc3)[C@H]2C2N3CCC[C@H]3[C@H](c3ccc(Cl)cc3)[C@]23N=C(c2ccccc2)OC3=O)cc1. The van der Waals surface area contributed by atoms with E-state index in [-0.39, 0.29) is 29.9 Å². The molecule has 0 radical (unpaired) electrons. The first-order valence-electron chi connectivity index (χ1n) is 15.4. The Morgan fingerprint density at radius 2 is 1.56 bits per heavy atom. The van der Waals surface area contributed by atoms with Gasteiger partial charge >= 0.3 is 5.97 Å². The summed E-state index contributed by atoms with van der Waals surface area (Å²) in [5, 5.41) is 0.632. The van der Waals surface area contributed by atoms with E-state index in [0.717, 1.165) is 41.8 Å². The number of amides is 1. The fraction of sp³-hybridized carbons (Fsp3) is 0.270. The van der Waals surface area contributed by atoms with Gasteiger partial charge in [-0.05, 0) is 79.0 Å². The van der Waals surface area contributed by atoms with Crippen LogP contribution in [-0.2, 0) is 14.3 Å². The van der Waals surface area contributed by atoms with E-state index in [0.29, 0.717) is 16.7 Å². The lowest BCUT2D eigenvalue weighted by Crippen LogP contribution is -2.71. The summed E-state index contributed by atoms with van der Waals surface area (Å²) >= 11 is 6.35. The molecule has 0 bridgehead atoms. The van der Waals surface area contributed by atoms with Gasteiger partial charge in [-0.3, -0.25) is 9.69 Å². The number of methoxy groups -OCH3 is 1. The summed E-state index contributed by atoms with van der Waals surface area (Å²) < 4.78 is 11.6. The summed E-state index contributed by atoms with van der Waals surface area (Å²) in [6.45, 7) is 0.799. The molecular weight excluding hydrogens is 586 g/mol. The van der Waals surface area contributed by atoms with Gasteiger partial charge in [0.15, 0.2) is 5.54 Å². The second-order valence-electron chi connectivity index (χ2n) is 12.2. The van der Waals surface area contributed by atoms with Gasteiger partial charge in [0.05, 0.1) is 25.1 Å². The van der Waals surface area contributed by atoms with Crippen molar-refractivity contribution in [2.24, 2.45) is 4.99 Å². The van der Waals surface area contributed by atoms with Crippen LogP contribution >= 0.6 is 11.6 Å². The van der Waals surface area contributed by atoms with E-state index in [4.69, 9.17) is 26.1 Å². The summed E-state index contributed by atoms with van der Waals surface area (Å²) in [7, 11) is 1.62. The van der Waals surface area contributed by atoms with Gasteiger partial charge in [-0.1, -0.05) is 72.3 Å². The number of aliphatic imine (C=N–C) groups is 1. The molecule has 4 aliphatic heterocycles. The van der Waals surface area contributed by atoms with Crippen LogP contribution < -0.4 is 9.64 Å². The van der Waals surface area contributed by atoms with Crippen LogP contribution in [0.15, 0.2) is 114 Å². The molecule has 4 aromatic carbocycles. The minimum Gasteiger partial charge on any atom is -0.497 e. The number of esters is 1. The predicted octanol–water partition coefficient (Wildman–Crippen LogP) is 6.22. The summed E-state index contributed by atoms with van der Waals surface area (Å²) in [4.78, 5) is 38.6. The molecule has 6 atom stereocenters. The molecule has 4 heterocycles. The van der Waals surface area contributed by atoms with Crippen molar-refractivity contribution in [3.8, 4) is 5.75 Å². The number of hydrogen-bond donors (Lipinski definition) is 0. The number of anilines is 1. The molecule has 0 aromatic heterocycles. The lowest BCUT2D eigenvalue weighted by atomic mass is 9.67. The third kappa shape index (κ3) is 4.25. The van der Waals surface area contributed by atoms with Crippen LogP contribution in [0.2, 0.25) is 5.02 Å². The van der Waals surface area contributed by atoms with Crippen LogP contribution in [-0.4, -0.2) is 60.0 Å². The van der Waals surface area contributed by atoms with Gasteiger partial charge in [-0.25, -0.2) is 9.79 Å². The first-order chi connectivity index (χ1) is 22.0. The number of benzene rings is 4. The van der Waals surface area contributed by atoms with Crippen LogP contribution in [0, 0.1) is 0 Å². The van der Waals surface area contributed by atoms with E-state index in [1.54, 1.807) is 7.11 Å². The molecule has 0 saturated carbocycles. The normalized spacial score (nSPS) is 29.0. The van der Waals surface area contributed by atoms with E-state index in [1.807, 2.05) is 114 Å². The van der Waals surface area contributed by atoms with Crippen molar-refractivity contribution >= 4 is 35.1 Å². The highest BCUT2D eigenvalue weighted by Gasteiger charge is 2.73. The molecule has 3 saturated heterocycles. The van der Waals surface area contributed by atoms with Gasteiger partial charge < -0.3 is 14.4 Å². The first-order valence-corrected chi connectivity index (χ1v) is 15.8. The zero-order valence-corrected chi connectivity index (χ0v) is 25.5. The van der Waals surface area contributed by atoms with Crippen molar-refractivity contribution in [1.82, 2.24) is 4.90 Å². The number of nitrogens with zero attached hydrogens (tertiary/aromatic N) is 3. The third-order valence-corrected chi connectivity index (χ3v) is 10.3. The van der Waals surface area contributed by atoms with Gasteiger partial charge in [0.25, 0.3) is 0 Å². The van der Waals surface area contributed by atoms with E-state index >= 15 is 0 Å². The predicted molar refractivity (Wildman–Crippen MR) is 173 cm³/mol. The Kier molecular flexibility index (Phi) is 6.77. The van der Waals surface area contributed by atoms with Crippen molar-refractivity contribution in [2.45, 2.75) is 48.3 Å². The molecule has 7 nitrogen and oxygen atoms in total. The van der Waals surface area contributed by atoms with Crippen LogP contribution in [0.3, 0.4) is 0 Å². The Labute approximate surface area is 267 Å². The van der Waals surface area contributed by atoms with Gasteiger partial charge in [-0.2, -0.15) is 0 Å². The lowest BCUT2D eigenvalue weighted by molar-refractivity contribution is -0.142. The highest BCUT2D eigenvalue weighted by Crippen LogP contribution is 2.58. The molecule has 226 valence electrons. The number of hydrogen-bond acceptors (Lipinski definition) is 6. The zero-order valence-electron chi connectivity index (χ0n) is 24.8. The number of carbonyl (C=O) groups excluding carboxylic acids is 2. The fourth-order valence-corrected chi connectivity index (χ4v) is 8.35. The van der Waals surface area contributed by atoms with Crippen LogP contribution in [0.5, 0.6) is 5.75 Å². The zero-order chi connectivity index (χ0) is 30.7. The average Bonchev–Trinajstić information content (AvgIpc) is 3.75. The van der Waals surface area contributed by atoms with Crippen LogP contribution in [0.4, 0.5) is 5.69 Å². The highest BCUT2D eigenvalue weighted by atomic mass is 35.5. The molecule has 3 fully saturated rings. The van der Waals surface area contributed by atoms with Gasteiger partial charge in [0.2, 0.25) is 11.8 Å². The maximum atomic E-state index is 14.7. The number of halogens is 1. The van der Waals surface area contributed by atoms with Crippen molar-refractivity contribution in [2.75, 3.05) is 18.6 Å². The van der Waals surface area contributed by atoms with E-state index in [9.17, 15) is 9.59 Å². The van der Waals surface area contributed by atoms with Gasteiger partial charge in [-0.15, -0.1) is 0 Å². The average molecular weight is 618 g/mol. The molecule has 0 aliphatic carbocycles. The maximum Gasteiger partial charge on any atom is 0.343 e. The topological polar surface area (TPSA) is 71.4 Å². The molecule has 1 unspecified atom stereocenters. The molecule has 1 spiro atoms. The molecule has 4 aliphatic rings. The number of cyclic esters (lactones) is 1. The Morgan fingerprint density at radius 3 is 2.24 bits per heavy atom. The molecule has 0 N–H and O–H groups in total. The summed E-state index contributed by atoms with van der Waals surface area (Å²) in [5.41, 5.74) is 2.15. The number of ether oxygens (including phenoxy) is 2. The minimum atomic E-state index is -1.28. The van der Waals surface area contributed by atoms with E-state index in [1.165, 1.54) is 0 Å². The first kappa shape index (κ1) is 28.0. The molecule has 8 heteroatoms. The van der Waals surface area contributed by atoms with E-state index < -0.39 is 17.5 Å². The van der Waals surface area contributed by atoms with Gasteiger partial charge in [0.1, 0.15) is 5.75 Å². The molecule has 4 aromatic rings. The largest absolute Gasteiger partial charge is 0.497 e. The maximum absolute atomic E-state index is 14.7. The van der Waals surface area contributed by atoms with Crippen LogP contribution in [0.25, 0.3) is 0 Å². The minimum absolute atomic E-state index is 0.00386. The lowest BCUT2D eigenvalue weighted by Gasteiger charge is -2.53. The summed E-state index contributed by atoms with van der Waals surface area (Å²) in [5.74, 6) is -0.0925. The van der Waals surface area contributed by atoms with Crippen molar-refractivity contribution < 1.29 is 19.1 Å². The van der Waals surface area contributed by atoms with E-state index in [2.05, 4.69) is 4.90 Å². The van der Waals surface area contributed by atoms with Crippen molar-refractivity contribution in [3.05, 3.63) is 131 Å². The Balaban J connectivity index is 1.35. The molecule has 45 heavy (non-hydrogen) atoms. The van der Waals surface area contributed by atoms with Crippen molar-refractivity contribution in [1.29, 1.82) is 0 Å². The molecule has 1 amide bonds. The fourth-order valence-electron chi connectivity index (χ4n) is 8.22. The highest BCUT2D eigenvalue weighted by molar-refractivity contribution is 6.30. The monoisotopic (exact) mass is 617 g/mol. The molecule has 8 rings (SSSR count). The quantitative estimate of drug-likeness (QED) is 0.190. The smallest absolute Gasteiger partial charge is 0.343 e. The Hall–Kier alpha value is -4.46. The second kappa shape index (κ2) is 10.9. The number of fused-ring (bicyclic) bond motifs is 1. The third-order valence-electron chi connectivity index (χ3n) is 10.0.